The summed E-state index contributed by atoms with van der Waals surface area (Å²) in [5.74, 6) is 0. The molecule has 22 heavy (non-hydrogen) atoms. The Kier molecular flexibility index (Phi) is 2.30. The lowest BCUT2D eigenvalue weighted by Crippen LogP contribution is -1.91. The van der Waals surface area contributed by atoms with Crippen molar-refractivity contribution in [3.8, 4) is 0 Å². The highest BCUT2D eigenvalue weighted by atomic mass is 35.5. The molecule has 5 aromatic rings. The zero-order valence-electron chi connectivity index (χ0n) is 11.6. The third-order valence-corrected chi connectivity index (χ3v) is 4.54. The number of fused-ring (bicyclic) bond motifs is 8. The Hall–Kier alpha value is -2.58. The number of benzene rings is 3. The average molecular weight is 303 g/mol. The summed E-state index contributed by atoms with van der Waals surface area (Å²) in [4.78, 5) is 4.84. The molecule has 2 heterocycles. The molecular weight excluding hydrogens is 292 g/mol. The van der Waals surface area contributed by atoms with Gasteiger partial charge in [0.25, 0.3) is 0 Å². The van der Waals surface area contributed by atoms with E-state index in [1.165, 1.54) is 0 Å². The first-order chi connectivity index (χ1) is 10.8. The third-order valence-electron chi connectivity index (χ3n) is 4.23. The van der Waals surface area contributed by atoms with Gasteiger partial charge in [0.2, 0.25) is 0 Å². The van der Waals surface area contributed by atoms with E-state index in [9.17, 15) is 0 Å². The van der Waals surface area contributed by atoms with E-state index >= 15 is 0 Å². The molecule has 2 nitrogen and oxygen atoms in total. The Morgan fingerprint density at radius 3 is 2.36 bits per heavy atom. The molecule has 0 unspecified atom stereocenters. The van der Waals surface area contributed by atoms with Crippen LogP contribution in [0.4, 0.5) is 0 Å². The van der Waals surface area contributed by atoms with Gasteiger partial charge in [-0.25, -0.2) is 4.98 Å². The number of hydrogen-bond donors (Lipinski definition) is 0. The number of rotatable bonds is 0. The van der Waals surface area contributed by atoms with Gasteiger partial charge in [0.15, 0.2) is 0 Å². The minimum atomic E-state index is 0.767. The molecule has 3 aromatic carbocycles. The van der Waals surface area contributed by atoms with Gasteiger partial charge in [-0.2, -0.15) is 0 Å². The van der Waals surface area contributed by atoms with E-state index in [0.717, 1.165) is 43.4 Å². The van der Waals surface area contributed by atoms with Gasteiger partial charge in [0.1, 0.15) is 5.65 Å². The molecule has 0 atom stereocenters. The second-order valence-corrected chi connectivity index (χ2v) is 5.85. The molecule has 5 rings (SSSR count). The number of para-hydroxylation sites is 3. The minimum Gasteiger partial charge on any atom is -0.292 e. The highest BCUT2D eigenvalue weighted by molar-refractivity contribution is 6.38. The Morgan fingerprint density at radius 1 is 0.727 bits per heavy atom. The number of hydrogen-bond acceptors (Lipinski definition) is 1. The third kappa shape index (κ3) is 1.42. The van der Waals surface area contributed by atoms with Crippen LogP contribution in [-0.2, 0) is 0 Å². The predicted octanol–water partition coefficient (Wildman–Crippen LogP) is 5.45. The predicted molar refractivity (Wildman–Crippen MR) is 92.7 cm³/mol. The fourth-order valence-electron chi connectivity index (χ4n) is 3.31. The van der Waals surface area contributed by atoms with Crippen LogP contribution < -0.4 is 0 Å². The summed E-state index contributed by atoms with van der Waals surface area (Å²) >= 11 is 6.50. The fraction of sp³-hybridized carbons (Fsp3) is 0. The van der Waals surface area contributed by atoms with Crippen molar-refractivity contribution >= 4 is 50.0 Å². The molecule has 0 aliphatic rings. The lowest BCUT2D eigenvalue weighted by atomic mass is 10.1. The molecular formula is C19H11ClN2. The molecule has 104 valence electrons. The zero-order chi connectivity index (χ0) is 14.7. The first kappa shape index (κ1) is 12.0. The van der Waals surface area contributed by atoms with Gasteiger partial charge in [0.05, 0.1) is 16.6 Å². The van der Waals surface area contributed by atoms with E-state index in [4.69, 9.17) is 16.6 Å². The first-order valence-corrected chi connectivity index (χ1v) is 7.58. The molecule has 3 heteroatoms. The smallest absolute Gasteiger partial charge is 0.146 e. The van der Waals surface area contributed by atoms with E-state index in [1.807, 2.05) is 30.3 Å². The summed E-state index contributed by atoms with van der Waals surface area (Å²) in [5, 5.41) is 4.08. The van der Waals surface area contributed by atoms with Gasteiger partial charge in [0, 0.05) is 21.2 Å². The van der Waals surface area contributed by atoms with Crippen molar-refractivity contribution in [1.29, 1.82) is 0 Å². The molecule has 0 spiro atoms. The molecule has 0 saturated carbocycles. The highest BCUT2D eigenvalue weighted by Gasteiger charge is 2.14. The first-order valence-electron chi connectivity index (χ1n) is 7.21. The summed E-state index contributed by atoms with van der Waals surface area (Å²) in [6.45, 7) is 0. The largest absolute Gasteiger partial charge is 0.292 e. The van der Waals surface area contributed by atoms with Crippen molar-refractivity contribution in [2.75, 3.05) is 0 Å². The molecule has 0 aliphatic carbocycles. The average Bonchev–Trinajstić information content (AvgIpc) is 2.95. The monoisotopic (exact) mass is 302 g/mol. The normalized spacial score (nSPS) is 11.9. The van der Waals surface area contributed by atoms with Crippen LogP contribution in [0.2, 0.25) is 5.02 Å². The number of nitrogens with zero attached hydrogens (tertiary/aromatic N) is 2. The van der Waals surface area contributed by atoms with Crippen LogP contribution >= 0.6 is 11.6 Å². The quantitative estimate of drug-likeness (QED) is 0.348. The second kappa shape index (κ2) is 4.21. The molecule has 0 N–H and O–H groups in total. The number of imidazole rings is 1. The van der Waals surface area contributed by atoms with Crippen molar-refractivity contribution in [1.82, 2.24) is 9.38 Å². The van der Waals surface area contributed by atoms with Gasteiger partial charge >= 0.3 is 0 Å². The topological polar surface area (TPSA) is 17.3 Å². The van der Waals surface area contributed by atoms with Crippen LogP contribution in [0.3, 0.4) is 0 Å². The molecule has 0 aliphatic heterocycles. The summed E-state index contributed by atoms with van der Waals surface area (Å²) in [5.41, 5.74) is 4.21. The van der Waals surface area contributed by atoms with Crippen LogP contribution in [-0.4, -0.2) is 9.38 Å². The standard InChI is InChI=1S/C19H11ClN2/c20-14-8-5-7-13-18(14)12-6-1-3-10-16(12)22-17-11-4-2-9-15(17)21-19(13)22/h1-11H. The van der Waals surface area contributed by atoms with Gasteiger partial charge < -0.3 is 0 Å². The van der Waals surface area contributed by atoms with Crippen LogP contribution in [0, 0.1) is 0 Å². The van der Waals surface area contributed by atoms with E-state index < -0.39 is 0 Å². The van der Waals surface area contributed by atoms with Crippen LogP contribution in [0.25, 0.3) is 38.4 Å². The number of aromatic nitrogens is 2. The summed E-state index contributed by atoms with van der Waals surface area (Å²) in [7, 11) is 0. The van der Waals surface area contributed by atoms with Crippen LogP contribution in [0.1, 0.15) is 0 Å². The maximum absolute atomic E-state index is 6.50. The molecule has 0 fully saturated rings. The van der Waals surface area contributed by atoms with Crippen molar-refractivity contribution in [3.63, 3.8) is 0 Å². The summed E-state index contributed by atoms with van der Waals surface area (Å²) in [6.07, 6.45) is 0. The molecule has 0 bridgehead atoms. The van der Waals surface area contributed by atoms with Crippen molar-refractivity contribution in [2.24, 2.45) is 0 Å². The van der Waals surface area contributed by atoms with E-state index in [-0.39, 0.29) is 0 Å². The fourth-order valence-corrected chi connectivity index (χ4v) is 3.59. The number of pyridine rings is 1. The Labute approximate surface area is 131 Å². The second-order valence-electron chi connectivity index (χ2n) is 5.44. The Bertz CT molecular complexity index is 1190. The van der Waals surface area contributed by atoms with Gasteiger partial charge in [-0.05, 0) is 24.3 Å². The maximum atomic E-state index is 6.50. The maximum Gasteiger partial charge on any atom is 0.146 e. The Morgan fingerprint density at radius 2 is 1.45 bits per heavy atom. The summed E-state index contributed by atoms with van der Waals surface area (Å²) in [6, 6.07) is 22.6. The van der Waals surface area contributed by atoms with Gasteiger partial charge in [-0.15, -0.1) is 0 Å². The minimum absolute atomic E-state index is 0.767. The SMILES string of the molecule is Clc1cccc2c1c1ccccc1n1c3ccccc3nc21. The van der Waals surface area contributed by atoms with Crippen LogP contribution in [0.15, 0.2) is 66.7 Å². The Balaban J connectivity index is 2.26. The lowest BCUT2D eigenvalue weighted by molar-refractivity contribution is 1.31. The van der Waals surface area contributed by atoms with Gasteiger partial charge in [-0.1, -0.05) is 54.1 Å². The van der Waals surface area contributed by atoms with Gasteiger partial charge in [-0.3, -0.25) is 4.40 Å². The van der Waals surface area contributed by atoms with E-state index in [0.29, 0.717) is 0 Å². The summed E-state index contributed by atoms with van der Waals surface area (Å²) < 4.78 is 2.23. The van der Waals surface area contributed by atoms with Crippen LogP contribution in [0.5, 0.6) is 0 Å². The molecule has 0 saturated heterocycles. The van der Waals surface area contributed by atoms with E-state index in [1.54, 1.807) is 0 Å². The number of halogens is 1. The zero-order valence-corrected chi connectivity index (χ0v) is 12.4. The molecule has 0 radical (unpaired) electrons. The van der Waals surface area contributed by atoms with Crippen molar-refractivity contribution in [3.05, 3.63) is 71.8 Å². The molecule has 0 amide bonds. The van der Waals surface area contributed by atoms with Crippen molar-refractivity contribution < 1.29 is 0 Å². The highest BCUT2D eigenvalue weighted by Crippen LogP contribution is 2.35. The van der Waals surface area contributed by atoms with Crippen molar-refractivity contribution in [2.45, 2.75) is 0 Å². The van der Waals surface area contributed by atoms with E-state index in [2.05, 4.69) is 40.8 Å². The lowest BCUT2D eigenvalue weighted by Gasteiger charge is -2.09. The molecule has 2 aromatic heterocycles.